The molecule has 1 saturated heterocycles. The van der Waals surface area contributed by atoms with Crippen LogP contribution in [0, 0.1) is 0 Å². The van der Waals surface area contributed by atoms with Crippen molar-refractivity contribution in [3.63, 3.8) is 0 Å². The Bertz CT molecular complexity index is 433. The number of anilines is 1. The van der Waals surface area contributed by atoms with E-state index < -0.39 is 0 Å². The number of rotatable bonds is 4. The number of thiocarbonyl (C=S) groups is 1. The SMILES string of the molecule is NC(=S)c1ccc(Cl)cc1NCC1CSCCS1. The van der Waals surface area contributed by atoms with Crippen LogP contribution in [0.2, 0.25) is 5.02 Å². The van der Waals surface area contributed by atoms with Gasteiger partial charge in [0.05, 0.1) is 0 Å². The Labute approximate surface area is 126 Å². The molecule has 1 aromatic carbocycles. The lowest BCUT2D eigenvalue weighted by Gasteiger charge is -2.22. The quantitative estimate of drug-likeness (QED) is 0.834. The highest BCUT2D eigenvalue weighted by molar-refractivity contribution is 8.06. The molecule has 0 bridgehead atoms. The van der Waals surface area contributed by atoms with Crippen molar-refractivity contribution >= 4 is 58.0 Å². The Morgan fingerprint density at radius 2 is 2.33 bits per heavy atom. The smallest absolute Gasteiger partial charge is 0.106 e. The Balaban J connectivity index is 2.03. The van der Waals surface area contributed by atoms with Crippen LogP contribution in [0.3, 0.4) is 0 Å². The third-order valence-electron chi connectivity index (χ3n) is 2.65. The van der Waals surface area contributed by atoms with Crippen LogP contribution in [0.25, 0.3) is 0 Å². The van der Waals surface area contributed by atoms with Gasteiger partial charge in [0.25, 0.3) is 0 Å². The highest BCUT2D eigenvalue weighted by Gasteiger charge is 2.15. The molecule has 0 spiro atoms. The largest absolute Gasteiger partial charge is 0.389 e. The minimum atomic E-state index is 0.403. The van der Waals surface area contributed by atoms with Crippen molar-refractivity contribution in [1.82, 2.24) is 0 Å². The van der Waals surface area contributed by atoms with E-state index >= 15 is 0 Å². The summed E-state index contributed by atoms with van der Waals surface area (Å²) in [5.41, 5.74) is 7.51. The van der Waals surface area contributed by atoms with Crippen LogP contribution in [0.5, 0.6) is 0 Å². The van der Waals surface area contributed by atoms with E-state index in [0.29, 0.717) is 15.3 Å². The maximum absolute atomic E-state index is 6.01. The number of nitrogens with one attached hydrogen (secondary N) is 1. The van der Waals surface area contributed by atoms with E-state index in [2.05, 4.69) is 5.32 Å². The zero-order valence-electron chi connectivity index (χ0n) is 9.82. The first-order valence-corrected chi connectivity index (χ1v) is 8.68. The van der Waals surface area contributed by atoms with Crippen molar-refractivity contribution in [3.05, 3.63) is 28.8 Å². The van der Waals surface area contributed by atoms with Crippen LogP contribution in [-0.4, -0.2) is 34.0 Å². The van der Waals surface area contributed by atoms with Gasteiger partial charge >= 0.3 is 0 Å². The number of hydrogen-bond donors (Lipinski definition) is 2. The van der Waals surface area contributed by atoms with E-state index in [1.165, 1.54) is 17.3 Å². The summed E-state index contributed by atoms with van der Waals surface area (Å²) in [6.45, 7) is 0.924. The number of thioether (sulfide) groups is 2. The first-order chi connectivity index (χ1) is 8.66. The third-order valence-corrected chi connectivity index (χ3v) is 5.95. The van der Waals surface area contributed by atoms with Gasteiger partial charge in [-0.15, -0.1) is 0 Å². The van der Waals surface area contributed by atoms with E-state index in [1.54, 1.807) is 0 Å². The summed E-state index contributed by atoms with van der Waals surface area (Å²) < 4.78 is 0. The molecule has 1 aromatic rings. The molecular weight excluding hydrogens is 304 g/mol. The summed E-state index contributed by atoms with van der Waals surface area (Å²) in [5.74, 6) is 3.69. The molecule has 1 heterocycles. The predicted molar refractivity (Wildman–Crippen MR) is 89.4 cm³/mol. The Hall–Kier alpha value is -0.100. The molecule has 18 heavy (non-hydrogen) atoms. The number of nitrogens with two attached hydrogens (primary N) is 1. The molecule has 0 amide bonds. The van der Waals surface area contributed by atoms with Crippen LogP contribution in [0.1, 0.15) is 5.56 Å². The maximum Gasteiger partial charge on any atom is 0.106 e. The van der Waals surface area contributed by atoms with Gasteiger partial charge in [0.2, 0.25) is 0 Å². The van der Waals surface area contributed by atoms with Gasteiger partial charge in [-0.25, -0.2) is 0 Å². The second-order valence-electron chi connectivity index (χ2n) is 4.00. The molecule has 1 unspecified atom stereocenters. The fraction of sp³-hybridized carbons (Fsp3) is 0.417. The van der Waals surface area contributed by atoms with Gasteiger partial charge in [0.15, 0.2) is 0 Å². The summed E-state index contributed by atoms with van der Waals surface area (Å²) >= 11 is 15.1. The number of benzene rings is 1. The van der Waals surface area contributed by atoms with Crippen LogP contribution in [0.4, 0.5) is 5.69 Å². The maximum atomic E-state index is 6.01. The van der Waals surface area contributed by atoms with E-state index in [4.69, 9.17) is 29.6 Å². The van der Waals surface area contributed by atoms with Gasteiger partial charge in [-0.05, 0) is 18.2 Å². The molecule has 2 rings (SSSR count). The molecule has 0 radical (unpaired) electrons. The van der Waals surface area contributed by atoms with Gasteiger partial charge in [-0.3, -0.25) is 0 Å². The van der Waals surface area contributed by atoms with Crippen molar-refractivity contribution in [2.45, 2.75) is 5.25 Å². The second kappa shape index (κ2) is 6.89. The molecule has 1 aliphatic rings. The monoisotopic (exact) mass is 318 g/mol. The normalized spacial score (nSPS) is 19.5. The lowest BCUT2D eigenvalue weighted by molar-refractivity contribution is 1.00. The molecule has 98 valence electrons. The molecule has 6 heteroatoms. The highest BCUT2D eigenvalue weighted by atomic mass is 35.5. The summed E-state index contributed by atoms with van der Waals surface area (Å²) in [5, 5.41) is 4.76. The molecule has 0 saturated carbocycles. The number of hydrogen-bond acceptors (Lipinski definition) is 4. The second-order valence-corrected chi connectivity index (χ2v) is 7.44. The van der Waals surface area contributed by atoms with Crippen molar-refractivity contribution in [2.75, 3.05) is 29.1 Å². The van der Waals surface area contributed by atoms with Crippen LogP contribution < -0.4 is 11.1 Å². The van der Waals surface area contributed by atoms with Crippen molar-refractivity contribution in [2.24, 2.45) is 5.73 Å². The van der Waals surface area contributed by atoms with Crippen LogP contribution in [0.15, 0.2) is 18.2 Å². The van der Waals surface area contributed by atoms with E-state index in [1.807, 2.05) is 41.7 Å². The zero-order chi connectivity index (χ0) is 13.0. The van der Waals surface area contributed by atoms with Gasteiger partial charge in [-0.2, -0.15) is 23.5 Å². The predicted octanol–water partition coefficient (Wildman–Crippen LogP) is 3.23. The molecule has 0 aliphatic carbocycles. The summed E-state index contributed by atoms with van der Waals surface area (Å²) in [6.07, 6.45) is 0. The zero-order valence-corrected chi connectivity index (χ0v) is 13.0. The van der Waals surface area contributed by atoms with Gasteiger partial charge in [0.1, 0.15) is 4.99 Å². The number of halogens is 1. The minimum Gasteiger partial charge on any atom is -0.389 e. The fourth-order valence-electron chi connectivity index (χ4n) is 1.76. The summed E-state index contributed by atoms with van der Waals surface area (Å²) in [7, 11) is 0. The fourth-order valence-corrected chi connectivity index (χ4v) is 4.72. The lowest BCUT2D eigenvalue weighted by Crippen LogP contribution is -2.24. The molecule has 1 aliphatic heterocycles. The standard InChI is InChI=1S/C12H15ClN2S3/c13-8-1-2-10(12(14)16)11(5-8)15-6-9-7-17-3-4-18-9/h1-2,5,9,15H,3-4,6-7H2,(H2,14,16). The van der Waals surface area contributed by atoms with E-state index in [-0.39, 0.29) is 0 Å². The first kappa shape index (κ1) is 14.3. The molecule has 3 N–H and O–H groups in total. The Morgan fingerprint density at radius 3 is 3.00 bits per heavy atom. The first-order valence-electron chi connectivity index (χ1n) is 5.69. The lowest BCUT2D eigenvalue weighted by atomic mass is 10.1. The summed E-state index contributed by atoms with van der Waals surface area (Å²) in [4.78, 5) is 0.403. The van der Waals surface area contributed by atoms with Crippen LogP contribution in [-0.2, 0) is 0 Å². The Morgan fingerprint density at radius 1 is 1.50 bits per heavy atom. The third kappa shape index (κ3) is 3.95. The van der Waals surface area contributed by atoms with Gasteiger partial charge in [-0.1, -0.05) is 23.8 Å². The van der Waals surface area contributed by atoms with Gasteiger partial charge < -0.3 is 11.1 Å². The average molecular weight is 319 g/mol. The molecular formula is C12H15ClN2S3. The minimum absolute atomic E-state index is 0.403. The molecule has 1 fully saturated rings. The Kier molecular flexibility index (Phi) is 5.48. The van der Waals surface area contributed by atoms with E-state index in [9.17, 15) is 0 Å². The summed E-state index contributed by atoms with van der Waals surface area (Å²) in [6, 6.07) is 5.57. The van der Waals surface area contributed by atoms with Crippen LogP contribution >= 0.6 is 47.3 Å². The van der Waals surface area contributed by atoms with Crippen molar-refractivity contribution in [1.29, 1.82) is 0 Å². The van der Waals surface area contributed by atoms with E-state index in [0.717, 1.165) is 17.8 Å². The topological polar surface area (TPSA) is 38.0 Å². The van der Waals surface area contributed by atoms with Crippen molar-refractivity contribution in [3.8, 4) is 0 Å². The van der Waals surface area contributed by atoms with Gasteiger partial charge in [0, 0.05) is 45.3 Å². The molecule has 1 atom stereocenters. The molecule has 2 nitrogen and oxygen atoms in total. The van der Waals surface area contributed by atoms with Crippen molar-refractivity contribution < 1.29 is 0 Å². The molecule has 0 aromatic heterocycles. The average Bonchev–Trinajstić information content (AvgIpc) is 2.37. The highest BCUT2D eigenvalue weighted by Crippen LogP contribution is 2.26.